The monoisotopic (exact) mass is 352 g/mol. The second-order valence-electron chi connectivity index (χ2n) is 7.76. The van der Waals surface area contributed by atoms with Gasteiger partial charge in [0.05, 0.1) is 12.7 Å². The van der Waals surface area contributed by atoms with Crippen LogP contribution in [0.2, 0.25) is 0 Å². The molecule has 3 rings (SSSR count). The Morgan fingerprint density at radius 3 is 2.58 bits per heavy atom. The molecular formula is C22H28N2O2. The molecule has 1 fully saturated rings. The molecule has 26 heavy (non-hydrogen) atoms. The van der Waals surface area contributed by atoms with Crippen LogP contribution in [0.5, 0.6) is 5.75 Å². The van der Waals surface area contributed by atoms with Crippen molar-refractivity contribution in [2.45, 2.75) is 45.2 Å². The van der Waals surface area contributed by atoms with Crippen LogP contribution in [0.4, 0.5) is 5.69 Å². The number of anilines is 1. The van der Waals surface area contributed by atoms with E-state index in [1.54, 1.807) is 7.11 Å². The van der Waals surface area contributed by atoms with Gasteiger partial charge in [0.2, 0.25) is 0 Å². The van der Waals surface area contributed by atoms with Crippen molar-refractivity contribution < 1.29 is 9.53 Å². The van der Waals surface area contributed by atoms with Crippen LogP contribution in [-0.2, 0) is 0 Å². The predicted molar refractivity (Wildman–Crippen MR) is 106 cm³/mol. The zero-order valence-electron chi connectivity index (χ0n) is 16.1. The molecular weight excluding hydrogens is 324 g/mol. The van der Waals surface area contributed by atoms with Crippen molar-refractivity contribution in [2.75, 3.05) is 18.6 Å². The number of carbonyl (C=O) groups is 1. The van der Waals surface area contributed by atoms with Gasteiger partial charge in [-0.3, -0.25) is 4.79 Å². The molecule has 1 heterocycles. The molecule has 0 aliphatic carbocycles. The lowest BCUT2D eigenvalue weighted by Gasteiger charge is -2.36. The minimum absolute atomic E-state index is 0.0496. The second kappa shape index (κ2) is 7.50. The third-order valence-electron chi connectivity index (χ3n) is 4.80. The quantitative estimate of drug-likeness (QED) is 0.877. The van der Waals surface area contributed by atoms with Gasteiger partial charge in [-0.25, -0.2) is 0 Å². The highest BCUT2D eigenvalue weighted by atomic mass is 16.5. The molecule has 0 radical (unpaired) electrons. The summed E-state index contributed by atoms with van der Waals surface area (Å²) in [5.41, 5.74) is 2.37. The summed E-state index contributed by atoms with van der Waals surface area (Å²) in [6.07, 6.45) is 2.33. The van der Waals surface area contributed by atoms with Crippen LogP contribution in [-0.4, -0.2) is 25.1 Å². The number of hydrogen-bond acceptors (Lipinski definition) is 3. The Morgan fingerprint density at radius 1 is 1.15 bits per heavy atom. The zero-order valence-corrected chi connectivity index (χ0v) is 16.1. The number of nitrogens with zero attached hydrogens (tertiary/aromatic N) is 1. The smallest absolute Gasteiger partial charge is 0.262 e. The van der Waals surface area contributed by atoms with Crippen molar-refractivity contribution in [1.82, 2.24) is 5.32 Å². The topological polar surface area (TPSA) is 41.6 Å². The minimum Gasteiger partial charge on any atom is -0.496 e. The predicted octanol–water partition coefficient (Wildman–Crippen LogP) is 4.57. The lowest BCUT2D eigenvalue weighted by Crippen LogP contribution is -2.46. The SMILES string of the molecule is COc1ccccc1C(=O)N(c1cccc(C2CCCN2)c1)C(C)(C)C. The molecule has 138 valence electrons. The number of methoxy groups -OCH3 is 1. The summed E-state index contributed by atoms with van der Waals surface area (Å²) in [5.74, 6) is 0.548. The first-order valence-electron chi connectivity index (χ1n) is 9.23. The maximum absolute atomic E-state index is 13.4. The fraction of sp³-hybridized carbons (Fsp3) is 0.409. The van der Waals surface area contributed by atoms with Gasteiger partial charge < -0.3 is 15.0 Å². The first-order valence-corrected chi connectivity index (χ1v) is 9.23. The molecule has 1 unspecified atom stereocenters. The summed E-state index contributed by atoms with van der Waals surface area (Å²) in [7, 11) is 1.60. The van der Waals surface area contributed by atoms with Gasteiger partial charge in [0.25, 0.3) is 5.91 Å². The van der Waals surface area contributed by atoms with Crippen LogP contribution < -0.4 is 15.0 Å². The van der Waals surface area contributed by atoms with E-state index in [1.807, 2.05) is 41.3 Å². The highest BCUT2D eigenvalue weighted by Gasteiger charge is 2.31. The van der Waals surface area contributed by atoms with E-state index in [0.29, 0.717) is 17.4 Å². The number of amides is 1. The molecule has 4 heteroatoms. The first kappa shape index (κ1) is 18.5. The van der Waals surface area contributed by atoms with Crippen LogP contribution >= 0.6 is 0 Å². The molecule has 0 spiro atoms. The summed E-state index contributed by atoms with van der Waals surface area (Å²) < 4.78 is 5.41. The Morgan fingerprint density at radius 2 is 1.92 bits per heavy atom. The largest absolute Gasteiger partial charge is 0.496 e. The molecule has 1 aliphatic rings. The van der Waals surface area contributed by atoms with Crippen molar-refractivity contribution in [3.05, 3.63) is 59.7 Å². The summed E-state index contributed by atoms with van der Waals surface area (Å²) in [6, 6.07) is 16.1. The van der Waals surface area contributed by atoms with Crippen LogP contribution in [0.3, 0.4) is 0 Å². The average molecular weight is 352 g/mol. The molecule has 1 N–H and O–H groups in total. The van der Waals surface area contributed by atoms with Crippen LogP contribution in [0.25, 0.3) is 0 Å². The number of para-hydroxylation sites is 1. The van der Waals surface area contributed by atoms with Crippen molar-refractivity contribution in [3.8, 4) is 5.75 Å². The van der Waals surface area contributed by atoms with E-state index < -0.39 is 0 Å². The van der Waals surface area contributed by atoms with Gasteiger partial charge in [-0.15, -0.1) is 0 Å². The Bertz CT molecular complexity index is 774. The third kappa shape index (κ3) is 3.75. The Balaban J connectivity index is 2.01. The van der Waals surface area contributed by atoms with Gasteiger partial charge in [0.1, 0.15) is 5.75 Å². The van der Waals surface area contributed by atoms with E-state index in [1.165, 1.54) is 12.0 Å². The van der Waals surface area contributed by atoms with E-state index in [2.05, 4.69) is 38.2 Å². The molecule has 1 aliphatic heterocycles. The summed E-state index contributed by atoms with van der Waals surface area (Å²) in [6.45, 7) is 7.22. The molecule has 1 saturated heterocycles. The fourth-order valence-electron chi connectivity index (χ4n) is 3.60. The lowest BCUT2D eigenvalue weighted by molar-refractivity contribution is 0.0963. The van der Waals surface area contributed by atoms with Gasteiger partial charge in [-0.1, -0.05) is 24.3 Å². The normalized spacial score (nSPS) is 17.2. The number of benzene rings is 2. The van der Waals surface area contributed by atoms with Crippen LogP contribution in [0.1, 0.15) is 55.6 Å². The van der Waals surface area contributed by atoms with E-state index in [-0.39, 0.29) is 11.4 Å². The Labute approximate surface area is 156 Å². The second-order valence-corrected chi connectivity index (χ2v) is 7.76. The molecule has 2 aromatic rings. The highest BCUT2D eigenvalue weighted by molar-refractivity contribution is 6.08. The van der Waals surface area contributed by atoms with Crippen LogP contribution in [0.15, 0.2) is 48.5 Å². The van der Waals surface area contributed by atoms with E-state index in [9.17, 15) is 4.79 Å². The van der Waals surface area contributed by atoms with Gasteiger partial charge in [-0.05, 0) is 70.0 Å². The van der Waals surface area contributed by atoms with E-state index in [0.717, 1.165) is 18.7 Å². The standard InChI is InChI=1S/C22H28N2O2/c1-22(2,3)24(21(25)18-11-5-6-13-20(18)26-4)17-10-7-9-16(15-17)19-12-8-14-23-19/h5-7,9-11,13,15,19,23H,8,12,14H2,1-4H3. The first-order chi connectivity index (χ1) is 12.4. The van der Waals surface area contributed by atoms with Crippen LogP contribution in [0, 0.1) is 0 Å². The number of ether oxygens (including phenoxy) is 1. The maximum Gasteiger partial charge on any atom is 0.262 e. The molecule has 4 nitrogen and oxygen atoms in total. The van der Waals surface area contributed by atoms with Gasteiger partial charge in [0.15, 0.2) is 0 Å². The molecule has 0 bridgehead atoms. The van der Waals surface area contributed by atoms with Gasteiger partial charge in [0, 0.05) is 17.3 Å². The average Bonchev–Trinajstić information content (AvgIpc) is 3.15. The van der Waals surface area contributed by atoms with E-state index in [4.69, 9.17) is 4.74 Å². The Hall–Kier alpha value is -2.33. The zero-order chi connectivity index (χ0) is 18.7. The van der Waals surface area contributed by atoms with Crippen molar-refractivity contribution in [1.29, 1.82) is 0 Å². The van der Waals surface area contributed by atoms with Gasteiger partial charge in [-0.2, -0.15) is 0 Å². The number of hydrogen-bond donors (Lipinski definition) is 1. The molecule has 0 saturated carbocycles. The van der Waals surface area contributed by atoms with Gasteiger partial charge >= 0.3 is 0 Å². The highest BCUT2D eigenvalue weighted by Crippen LogP contribution is 2.32. The summed E-state index contributed by atoms with van der Waals surface area (Å²) in [5, 5.41) is 3.53. The molecule has 0 aromatic heterocycles. The molecule has 2 aromatic carbocycles. The fourth-order valence-corrected chi connectivity index (χ4v) is 3.60. The van der Waals surface area contributed by atoms with E-state index >= 15 is 0 Å². The summed E-state index contributed by atoms with van der Waals surface area (Å²) >= 11 is 0. The van der Waals surface area contributed by atoms with Crippen molar-refractivity contribution in [3.63, 3.8) is 0 Å². The third-order valence-corrected chi connectivity index (χ3v) is 4.80. The molecule has 1 atom stereocenters. The number of carbonyl (C=O) groups excluding carboxylic acids is 1. The minimum atomic E-state index is -0.361. The Kier molecular flexibility index (Phi) is 5.33. The molecule has 1 amide bonds. The lowest BCUT2D eigenvalue weighted by atomic mass is 9.99. The van der Waals surface area contributed by atoms with Crippen molar-refractivity contribution >= 4 is 11.6 Å². The number of rotatable bonds is 4. The summed E-state index contributed by atoms with van der Waals surface area (Å²) in [4.78, 5) is 15.3. The van der Waals surface area contributed by atoms with Crippen molar-refractivity contribution in [2.24, 2.45) is 0 Å². The maximum atomic E-state index is 13.4. The number of nitrogens with one attached hydrogen (secondary N) is 1.